The van der Waals surface area contributed by atoms with Crippen LogP contribution in [0, 0.1) is 35.1 Å². The minimum absolute atomic E-state index is 0.349. The van der Waals surface area contributed by atoms with E-state index in [2.05, 4.69) is 177 Å². The quantitative estimate of drug-likeness (QED) is 0.126. The second kappa shape index (κ2) is 15.8. The summed E-state index contributed by atoms with van der Waals surface area (Å²) < 4.78 is 11.5. The molecule has 1 heterocycles. The van der Waals surface area contributed by atoms with E-state index < -0.39 is 16.1 Å². The summed E-state index contributed by atoms with van der Waals surface area (Å²) in [5, 5.41) is 4.08. The van der Waals surface area contributed by atoms with Gasteiger partial charge in [-0.1, -0.05) is 165 Å². The van der Waals surface area contributed by atoms with E-state index in [1.165, 1.54) is 37.8 Å². The molecule has 0 aliphatic carbocycles. The molecule has 264 valence electrons. The van der Waals surface area contributed by atoms with Crippen LogP contribution in [0.5, 0.6) is 0 Å². The van der Waals surface area contributed by atoms with E-state index in [0.29, 0.717) is 13.2 Å². The second-order valence-electron chi connectivity index (χ2n) is 14.6. The molecule has 1 aliphatic heterocycles. The summed E-state index contributed by atoms with van der Waals surface area (Å²) in [7, 11) is -1.00. The molecule has 0 amide bonds. The van der Waals surface area contributed by atoms with Crippen molar-refractivity contribution in [3.8, 4) is 68.5 Å². The SMILES string of the molecule is COCC#Cc1ccccc1-c1c(C#Cc2ccccc2[Si](C)(C)C#Cc2ccccc2)c2c(c(-c3ccccc3)c1COC)[Si](C)(C)c1ccccc1-2. The maximum absolute atomic E-state index is 6.14. The van der Waals surface area contributed by atoms with Gasteiger partial charge in [0, 0.05) is 42.0 Å². The van der Waals surface area contributed by atoms with E-state index in [0.717, 1.165) is 38.9 Å². The Balaban J connectivity index is 1.59. The smallest absolute Gasteiger partial charge is 0.164 e. The third-order valence-corrected chi connectivity index (χ3v) is 16.4. The Kier molecular flexibility index (Phi) is 10.7. The van der Waals surface area contributed by atoms with Crippen LogP contribution in [0.3, 0.4) is 0 Å². The zero-order valence-corrected chi connectivity index (χ0v) is 33.9. The molecule has 7 rings (SSSR count). The summed E-state index contributed by atoms with van der Waals surface area (Å²) in [6, 6.07) is 47.1. The van der Waals surface area contributed by atoms with Gasteiger partial charge in [0.05, 0.1) is 6.61 Å². The monoisotopic (exact) mass is 732 g/mol. The van der Waals surface area contributed by atoms with Gasteiger partial charge < -0.3 is 9.47 Å². The number of hydrogen-bond donors (Lipinski definition) is 0. The fourth-order valence-corrected chi connectivity index (χ4v) is 13.2. The lowest BCUT2D eigenvalue weighted by molar-refractivity contribution is 0.185. The van der Waals surface area contributed by atoms with Crippen LogP contribution in [0.4, 0.5) is 0 Å². The highest BCUT2D eigenvalue weighted by molar-refractivity contribution is 7.04. The number of ether oxygens (including phenoxy) is 2. The van der Waals surface area contributed by atoms with Crippen molar-refractivity contribution in [1.29, 1.82) is 0 Å². The van der Waals surface area contributed by atoms with Crippen molar-refractivity contribution in [2.24, 2.45) is 0 Å². The Bertz CT molecular complexity index is 2530. The van der Waals surface area contributed by atoms with Gasteiger partial charge in [0.1, 0.15) is 14.7 Å². The molecule has 0 aromatic heterocycles. The van der Waals surface area contributed by atoms with Gasteiger partial charge in [0.15, 0.2) is 8.07 Å². The first-order chi connectivity index (χ1) is 26.3. The lowest BCUT2D eigenvalue weighted by Gasteiger charge is -2.28. The molecule has 0 saturated carbocycles. The maximum Gasteiger partial charge on any atom is 0.164 e. The van der Waals surface area contributed by atoms with Crippen molar-refractivity contribution < 1.29 is 9.47 Å². The van der Waals surface area contributed by atoms with Crippen molar-refractivity contribution in [2.45, 2.75) is 32.8 Å². The first-order valence-electron chi connectivity index (χ1n) is 18.4. The van der Waals surface area contributed by atoms with E-state index in [-0.39, 0.29) is 0 Å². The third kappa shape index (κ3) is 7.04. The molecule has 1 aliphatic rings. The number of fused-ring (bicyclic) bond motifs is 3. The zero-order chi connectivity index (χ0) is 37.7. The van der Waals surface area contributed by atoms with Crippen LogP contribution in [-0.2, 0) is 16.1 Å². The molecule has 2 nitrogen and oxygen atoms in total. The summed E-state index contributed by atoms with van der Waals surface area (Å²) in [6.45, 7) is 10.4. The second-order valence-corrected chi connectivity index (χ2v) is 23.0. The number of hydrogen-bond acceptors (Lipinski definition) is 2. The van der Waals surface area contributed by atoms with Crippen LogP contribution in [0.1, 0.15) is 27.8 Å². The fraction of sp³-hybridized carbons (Fsp3) is 0.160. The van der Waals surface area contributed by atoms with Gasteiger partial charge in [-0.05, 0) is 73.2 Å². The molecule has 0 spiro atoms. The fourth-order valence-electron chi connectivity index (χ4n) is 7.81. The predicted octanol–water partition coefficient (Wildman–Crippen LogP) is 8.87. The van der Waals surface area contributed by atoms with Crippen LogP contribution in [0.2, 0.25) is 26.2 Å². The van der Waals surface area contributed by atoms with E-state index in [4.69, 9.17) is 9.47 Å². The molecule has 0 N–H and O–H groups in total. The highest BCUT2D eigenvalue weighted by Gasteiger charge is 2.43. The summed E-state index contributed by atoms with van der Waals surface area (Å²) in [4.78, 5) is 0. The van der Waals surface area contributed by atoms with Crippen molar-refractivity contribution in [1.82, 2.24) is 0 Å². The van der Waals surface area contributed by atoms with Crippen molar-refractivity contribution in [3.05, 3.63) is 161 Å². The highest BCUT2D eigenvalue weighted by atomic mass is 28.3. The summed E-state index contributed by atoms with van der Waals surface area (Å²) >= 11 is 0. The van der Waals surface area contributed by atoms with Crippen molar-refractivity contribution in [2.75, 3.05) is 20.8 Å². The topological polar surface area (TPSA) is 18.5 Å². The number of methoxy groups -OCH3 is 2. The summed E-state index contributed by atoms with van der Waals surface area (Å²) in [6.07, 6.45) is 0. The molecule has 4 heteroatoms. The molecule has 6 aromatic carbocycles. The lowest BCUT2D eigenvalue weighted by atomic mass is 9.82. The van der Waals surface area contributed by atoms with Gasteiger partial charge in [-0.3, -0.25) is 0 Å². The van der Waals surface area contributed by atoms with Gasteiger partial charge in [-0.15, -0.1) is 5.54 Å². The minimum atomic E-state index is -2.24. The normalized spacial score (nSPS) is 12.3. The molecular weight excluding hydrogens is 689 g/mol. The zero-order valence-electron chi connectivity index (χ0n) is 31.9. The highest BCUT2D eigenvalue weighted by Crippen LogP contribution is 2.44. The van der Waals surface area contributed by atoms with Gasteiger partial charge in [0.25, 0.3) is 0 Å². The molecular formula is C50H44O2Si2. The molecule has 0 saturated heterocycles. The van der Waals surface area contributed by atoms with E-state index in [1.807, 2.05) is 18.2 Å². The van der Waals surface area contributed by atoms with Crippen LogP contribution in [0.25, 0.3) is 33.4 Å². The Morgan fingerprint density at radius 2 is 1.20 bits per heavy atom. The van der Waals surface area contributed by atoms with Crippen molar-refractivity contribution >= 4 is 31.7 Å². The molecule has 0 atom stereocenters. The maximum atomic E-state index is 6.14. The lowest BCUT2D eigenvalue weighted by Crippen LogP contribution is -2.50. The van der Waals surface area contributed by atoms with Gasteiger partial charge in [-0.2, -0.15) is 0 Å². The van der Waals surface area contributed by atoms with E-state index in [9.17, 15) is 0 Å². The summed E-state index contributed by atoms with van der Waals surface area (Å²) in [5.41, 5.74) is 15.9. The summed E-state index contributed by atoms with van der Waals surface area (Å²) in [5.74, 6) is 17.8. The Morgan fingerprint density at radius 3 is 1.93 bits per heavy atom. The Labute approximate surface area is 323 Å². The van der Waals surface area contributed by atoms with Crippen LogP contribution in [-0.4, -0.2) is 37.0 Å². The standard InChI is InChI=1S/C50H44O2Si2/c1-51-34-19-26-38-22-13-15-27-41(38)48-43(32-31-39-23-14-17-29-45(39)53(3,4)35-33-37-20-9-7-10-21-37)49-42-28-16-18-30-46(42)54(5,6)50(49)47(44(48)36-52-2)40-24-11-8-12-25-40/h7-18,20-25,27-30H,34,36H2,1-6H3. The Hall–Kier alpha value is -5.65. The minimum Gasteiger partial charge on any atom is -0.380 e. The van der Waals surface area contributed by atoms with Crippen LogP contribution in [0.15, 0.2) is 133 Å². The molecule has 0 radical (unpaired) electrons. The third-order valence-electron chi connectivity index (χ3n) is 10.3. The average molecular weight is 733 g/mol. The first kappa shape index (κ1) is 36.7. The van der Waals surface area contributed by atoms with Gasteiger partial charge >= 0.3 is 0 Å². The van der Waals surface area contributed by atoms with Crippen LogP contribution < -0.4 is 15.6 Å². The number of benzene rings is 6. The van der Waals surface area contributed by atoms with Crippen molar-refractivity contribution in [3.63, 3.8) is 0 Å². The average Bonchev–Trinajstić information content (AvgIpc) is 3.43. The van der Waals surface area contributed by atoms with E-state index in [1.54, 1.807) is 14.2 Å². The predicted molar refractivity (Wildman–Crippen MR) is 232 cm³/mol. The van der Waals surface area contributed by atoms with E-state index >= 15 is 0 Å². The molecule has 54 heavy (non-hydrogen) atoms. The number of rotatable bonds is 6. The molecule has 0 bridgehead atoms. The molecule has 6 aromatic rings. The van der Waals surface area contributed by atoms with Crippen LogP contribution >= 0.6 is 0 Å². The van der Waals surface area contributed by atoms with Gasteiger partial charge in [0.2, 0.25) is 0 Å². The first-order valence-corrected chi connectivity index (χ1v) is 24.4. The molecule has 0 fully saturated rings. The molecule has 0 unspecified atom stereocenters. The largest absolute Gasteiger partial charge is 0.380 e. The Morgan fingerprint density at radius 1 is 0.574 bits per heavy atom. The van der Waals surface area contributed by atoms with Gasteiger partial charge in [-0.25, -0.2) is 0 Å².